The molecule has 8 aromatic carbocycles. The van der Waals surface area contributed by atoms with Crippen LogP contribution in [-0.4, -0.2) is 51.5 Å². The molecule has 0 bridgehead atoms. The Hall–Kier alpha value is -8.37. The largest absolute Gasteiger partial charge is 0.500 e. The predicted octanol–water partition coefficient (Wildman–Crippen LogP) is 24.5. The minimum atomic E-state index is -2.49. The van der Waals surface area contributed by atoms with Crippen LogP contribution in [0.5, 0.6) is 0 Å². The first kappa shape index (κ1) is 57.9. The van der Waals surface area contributed by atoms with Crippen LogP contribution in [0.15, 0.2) is 197 Å². The summed E-state index contributed by atoms with van der Waals surface area (Å²) in [5, 5.41) is 21.9. The maximum Gasteiger partial charge on any atom is 0.144 e. The first-order valence-electron chi connectivity index (χ1n) is 43.9. The molecular formula is C93H104FIr2N4O4-3. The number of benzene rings is 8. The first-order valence-corrected chi connectivity index (χ1v) is 33.2. The van der Waals surface area contributed by atoms with Crippen LogP contribution in [0.2, 0.25) is 0 Å². The van der Waals surface area contributed by atoms with E-state index in [1.807, 2.05) is 152 Å². The van der Waals surface area contributed by atoms with Gasteiger partial charge in [-0.3, -0.25) is 9.37 Å². The van der Waals surface area contributed by atoms with E-state index in [2.05, 4.69) is 50.3 Å². The fraction of sp³-hybridized carbons (Fsp3) is 0.312. The van der Waals surface area contributed by atoms with E-state index in [4.69, 9.17) is 47.8 Å². The molecular weight excluding hydrogens is 1640 g/mol. The van der Waals surface area contributed by atoms with Crippen molar-refractivity contribution in [2.45, 2.75) is 150 Å². The average molecular weight is 1770 g/mol. The number of aromatic nitrogens is 4. The van der Waals surface area contributed by atoms with Gasteiger partial charge in [0.1, 0.15) is 16.7 Å². The van der Waals surface area contributed by atoms with E-state index in [0.29, 0.717) is 67.3 Å². The number of hydrogen-bond acceptors (Lipinski definition) is 8. The Balaban J connectivity index is 0.000000253. The molecule has 0 saturated carbocycles. The van der Waals surface area contributed by atoms with Crippen LogP contribution < -0.4 is 0 Å². The normalized spacial score (nSPS) is 15.3. The first-order chi connectivity index (χ1) is 56.9. The minimum Gasteiger partial charge on any atom is -0.500 e. The summed E-state index contributed by atoms with van der Waals surface area (Å²) in [5.74, 6) is 0. The van der Waals surface area contributed by atoms with Gasteiger partial charge < -0.3 is 34.0 Å². The zero-order valence-electron chi connectivity index (χ0n) is 82.6. The SMILES string of the molecule is CO.CO.[2H]C([2H])([2H])c1c[c-]c(-c2cc(C)c(C([2H])([2H])C(C)(C)C)cn2)cc1.[2H]C([2H])([2H])c1c[c-]c(-c2cc(C)c(C([2H])([2H])C(C)(C)C)cn2)cc1.[2H]C([2H])([2H])c1cnc(-c2[c-]ccc3c2oc2c4ccccc4ccc32)cc1C([2H])([2H])C(C)(C)C.[2H]C([2H])([2H])c1cnc(-c2cccc3c2oc2c4ccccc4ccc32)cc1C([2H])([2H])C(C)(C)C.[2H]CF.[Ir].[Ir]. The third-order valence-corrected chi connectivity index (χ3v) is 15.5. The van der Waals surface area contributed by atoms with Crippen molar-refractivity contribution in [3.8, 4) is 45.0 Å². The molecule has 0 fully saturated rings. The van der Waals surface area contributed by atoms with Crippen LogP contribution in [0.1, 0.15) is 168 Å². The third kappa shape index (κ3) is 21.9. The van der Waals surface area contributed by atoms with Crippen molar-refractivity contribution in [2.24, 2.45) is 21.7 Å². The number of furan rings is 2. The van der Waals surface area contributed by atoms with Crippen LogP contribution in [0.3, 0.4) is 0 Å². The molecule has 2 radical (unpaired) electrons. The van der Waals surface area contributed by atoms with E-state index in [1.54, 1.807) is 96.4 Å². The van der Waals surface area contributed by atoms with Gasteiger partial charge in [0.15, 0.2) is 0 Å². The van der Waals surface area contributed by atoms with Crippen molar-refractivity contribution in [3.63, 3.8) is 0 Å². The van der Waals surface area contributed by atoms with Crippen LogP contribution in [0.25, 0.3) is 110 Å². The van der Waals surface area contributed by atoms with Gasteiger partial charge in [-0.05, 0) is 149 Å². The molecule has 11 heteroatoms. The standard InChI is InChI=1S/C27H25NO.C27H24NO.2C18H22N.CH3F.2CH4O.2Ir/c2*1-17-16-28-24(14-19(17)15-27(2,3)4)23-11-7-10-21-22-13-12-18-8-5-6-9-20(18)25(22)29-26(21)23;2*1-13-6-8-15(9-7-13)17-10-14(2)16(12-19-17)11-18(3,4)5;3*1-2;;/h5-14,16H,15H2,1-4H3;5-10,12-14,16H,15H2,1-4H3;2*6-8,10,12H,11H2,1-5H3;1H3;2*2H,1H3;;/q;3*-1;;;;;/i2*1D3,15D2;2*1D3,11D2;1D;;;;. The van der Waals surface area contributed by atoms with Gasteiger partial charge in [0.25, 0.3) is 0 Å². The van der Waals surface area contributed by atoms with Crippen LogP contribution in [0.4, 0.5) is 4.39 Å². The number of hydrogen-bond donors (Lipinski definition) is 2. The molecule has 0 atom stereocenters. The zero-order valence-corrected chi connectivity index (χ0v) is 66.4. The summed E-state index contributed by atoms with van der Waals surface area (Å²) in [7, 11) is 1.00. The molecule has 14 aromatic rings. The Morgan fingerprint density at radius 2 is 0.788 bits per heavy atom. The molecule has 8 nitrogen and oxygen atoms in total. The van der Waals surface area contributed by atoms with Crippen molar-refractivity contribution in [1.82, 2.24) is 19.9 Å². The third-order valence-electron chi connectivity index (χ3n) is 15.5. The van der Waals surface area contributed by atoms with Gasteiger partial charge in [-0.25, -0.2) is 0 Å². The van der Waals surface area contributed by atoms with Crippen molar-refractivity contribution in [2.75, 3.05) is 21.4 Å². The van der Waals surface area contributed by atoms with Crippen LogP contribution >= 0.6 is 0 Å². The number of fused-ring (bicyclic) bond motifs is 10. The second-order valence-electron chi connectivity index (χ2n) is 28.3. The zero-order chi connectivity index (χ0) is 92.3. The summed E-state index contributed by atoms with van der Waals surface area (Å²) in [4.78, 5) is 17.6. The summed E-state index contributed by atoms with van der Waals surface area (Å²) in [6.07, 6.45) is -1.11. The minimum absolute atomic E-state index is 0. The van der Waals surface area contributed by atoms with E-state index in [-0.39, 0.29) is 73.6 Å². The molecule has 0 amide bonds. The molecule has 6 aromatic heterocycles. The molecule has 6 heterocycles. The van der Waals surface area contributed by atoms with Gasteiger partial charge >= 0.3 is 0 Å². The molecule has 0 aliphatic heterocycles. The van der Waals surface area contributed by atoms with Gasteiger partial charge in [-0.2, -0.15) is 0 Å². The van der Waals surface area contributed by atoms with Crippen LogP contribution in [-0.2, 0) is 65.7 Å². The van der Waals surface area contributed by atoms with Gasteiger partial charge in [0, 0.05) is 139 Å². The number of aliphatic hydroxyl groups excluding tert-OH is 2. The Kier molecular flexibility index (Phi) is 20.6. The summed E-state index contributed by atoms with van der Waals surface area (Å²) < 4.78 is 189. The Labute approximate surface area is 674 Å². The van der Waals surface area contributed by atoms with Crippen molar-refractivity contribution >= 4 is 65.4 Å². The molecule has 14 rings (SSSR count). The van der Waals surface area contributed by atoms with E-state index in [9.17, 15) is 4.39 Å². The number of rotatable bonds is 8. The number of aliphatic hydroxyl groups is 2. The number of pyridine rings is 4. The van der Waals surface area contributed by atoms with Gasteiger partial charge in [0.05, 0.1) is 19.8 Å². The maximum atomic E-state index is 9.96. The molecule has 104 heavy (non-hydrogen) atoms. The van der Waals surface area contributed by atoms with E-state index in [1.165, 1.54) is 24.5 Å². The Morgan fingerprint density at radius 1 is 0.394 bits per heavy atom. The quantitative estimate of drug-likeness (QED) is 0.144. The molecule has 2 N–H and O–H groups in total. The maximum absolute atomic E-state index is 9.96. The number of alkyl halides is 1. The molecule has 0 saturated heterocycles. The second kappa shape index (κ2) is 37.1. The second-order valence-corrected chi connectivity index (χ2v) is 28.3. The molecule has 0 aliphatic carbocycles. The predicted molar refractivity (Wildman–Crippen MR) is 429 cm³/mol. The topological polar surface area (TPSA) is 118 Å². The fourth-order valence-corrected chi connectivity index (χ4v) is 11.2. The molecule has 0 spiro atoms. The van der Waals surface area contributed by atoms with E-state index in [0.717, 1.165) is 79.6 Å². The molecule has 0 aliphatic rings. The number of halogens is 1. The van der Waals surface area contributed by atoms with Crippen molar-refractivity contribution in [1.29, 1.82) is 0 Å². The summed E-state index contributed by atoms with van der Waals surface area (Å²) >= 11 is 0. The van der Waals surface area contributed by atoms with Crippen molar-refractivity contribution in [3.05, 3.63) is 262 Å². The Bertz CT molecular complexity index is 5670. The monoisotopic (exact) mass is 1770 g/mol. The summed E-state index contributed by atoms with van der Waals surface area (Å²) in [5.41, 5.74) is 8.19. The number of para-hydroxylation sites is 1. The number of nitrogens with zero attached hydrogens (tertiary/aromatic N) is 4. The summed E-state index contributed by atoms with van der Waals surface area (Å²) in [6, 6.07) is 59.0. The Morgan fingerprint density at radius 3 is 1.21 bits per heavy atom. The van der Waals surface area contributed by atoms with Gasteiger partial charge in [-0.15, -0.1) is 89.0 Å². The summed E-state index contributed by atoms with van der Waals surface area (Å²) in [6.45, 7) is 16.2. The van der Waals surface area contributed by atoms with E-state index >= 15 is 0 Å². The van der Waals surface area contributed by atoms with Crippen LogP contribution in [0, 0.1) is 81.1 Å². The molecule has 548 valence electrons. The van der Waals surface area contributed by atoms with E-state index < -0.39 is 81.7 Å². The smallest absolute Gasteiger partial charge is 0.144 e. The van der Waals surface area contributed by atoms with Crippen molar-refractivity contribution < 1.29 is 92.4 Å². The van der Waals surface area contributed by atoms with Gasteiger partial charge in [-0.1, -0.05) is 221 Å². The molecule has 0 unspecified atom stereocenters. The fourth-order valence-electron chi connectivity index (χ4n) is 11.2. The average Bonchev–Trinajstić information content (AvgIpc) is 1.66. The van der Waals surface area contributed by atoms with Gasteiger partial charge in [0.2, 0.25) is 0 Å². The number of aryl methyl sites for hydroxylation is 6.